The summed E-state index contributed by atoms with van der Waals surface area (Å²) in [6.45, 7) is -3.12. The highest BCUT2D eigenvalue weighted by molar-refractivity contribution is 6.02. The van der Waals surface area contributed by atoms with Crippen molar-refractivity contribution in [2.24, 2.45) is 0 Å². The van der Waals surface area contributed by atoms with Crippen LogP contribution in [0.5, 0.6) is 5.75 Å². The molecule has 0 bridgehead atoms. The number of carbonyl (C=O) groups excluding carboxylic acids is 1. The number of alkyl halides is 2. The molecule has 0 saturated heterocycles. The molecule has 0 aliphatic carbocycles. The smallest absolute Gasteiger partial charge is 0.387 e. The van der Waals surface area contributed by atoms with E-state index in [-0.39, 0.29) is 11.4 Å². The summed E-state index contributed by atoms with van der Waals surface area (Å²) in [5, 5.41) is 2.36. The van der Waals surface area contributed by atoms with Gasteiger partial charge in [-0.3, -0.25) is 9.78 Å². The van der Waals surface area contributed by atoms with Crippen molar-refractivity contribution in [3.05, 3.63) is 48.3 Å². The minimum Gasteiger partial charge on any atom is -0.432 e. The molecule has 0 fully saturated rings. The molecule has 0 aliphatic rings. The van der Waals surface area contributed by atoms with Crippen LogP contribution < -0.4 is 10.1 Å². The minimum atomic E-state index is -3.12. The van der Waals surface area contributed by atoms with E-state index in [9.17, 15) is 18.0 Å². The zero-order valence-electron chi connectivity index (χ0n) is 9.89. The number of carbonyl (C=O) groups is 1. The average Bonchev–Trinajstić information content (AvgIpc) is 2.42. The summed E-state index contributed by atoms with van der Waals surface area (Å²) in [4.78, 5) is 19.2. The molecule has 0 atom stereocenters. The molecule has 0 radical (unpaired) electrons. The average molecular weight is 283 g/mol. The van der Waals surface area contributed by atoms with Crippen molar-refractivity contribution < 1.29 is 22.7 Å². The monoisotopic (exact) mass is 283 g/mol. The maximum absolute atomic E-state index is 13.4. The first-order valence-electron chi connectivity index (χ1n) is 5.38. The van der Waals surface area contributed by atoms with Crippen molar-refractivity contribution in [3.8, 4) is 5.75 Å². The summed E-state index contributed by atoms with van der Waals surface area (Å²) in [6.07, 6.45) is 3.96. The van der Waals surface area contributed by atoms with Crippen LogP contribution in [0.2, 0.25) is 0 Å². The molecule has 8 heteroatoms. The number of rotatable bonds is 4. The number of amides is 1. The lowest BCUT2D eigenvalue weighted by atomic mass is 10.2. The van der Waals surface area contributed by atoms with Gasteiger partial charge in [0, 0.05) is 24.1 Å². The van der Waals surface area contributed by atoms with Crippen molar-refractivity contribution in [2.45, 2.75) is 6.61 Å². The van der Waals surface area contributed by atoms with Crippen molar-refractivity contribution in [1.29, 1.82) is 0 Å². The van der Waals surface area contributed by atoms with Gasteiger partial charge in [0.15, 0.2) is 11.6 Å². The van der Waals surface area contributed by atoms with E-state index in [4.69, 9.17) is 0 Å². The van der Waals surface area contributed by atoms with Crippen LogP contribution in [-0.2, 0) is 0 Å². The van der Waals surface area contributed by atoms with Gasteiger partial charge in [0.1, 0.15) is 5.69 Å². The maximum atomic E-state index is 13.4. The third kappa shape index (κ3) is 3.44. The Kier molecular flexibility index (Phi) is 4.14. The normalized spacial score (nSPS) is 10.4. The molecule has 0 aliphatic heterocycles. The number of anilines is 1. The van der Waals surface area contributed by atoms with Gasteiger partial charge < -0.3 is 10.1 Å². The van der Waals surface area contributed by atoms with E-state index in [0.717, 1.165) is 12.1 Å². The van der Waals surface area contributed by atoms with Crippen molar-refractivity contribution in [3.63, 3.8) is 0 Å². The molecular formula is C12H8F3N3O2. The highest BCUT2D eigenvalue weighted by atomic mass is 19.3. The Morgan fingerprint density at radius 3 is 2.70 bits per heavy atom. The van der Waals surface area contributed by atoms with Gasteiger partial charge in [-0.2, -0.15) is 8.78 Å². The standard InChI is InChI=1S/C12H8F3N3O2/c13-8-5-7(1-2-10(8)20-12(14)15)18-11(19)9-6-16-3-4-17-9/h1-6,12H,(H,18,19). The van der Waals surface area contributed by atoms with Crippen molar-refractivity contribution >= 4 is 11.6 Å². The van der Waals surface area contributed by atoms with Crippen LogP contribution in [0.1, 0.15) is 10.5 Å². The third-order valence-corrected chi connectivity index (χ3v) is 2.20. The first-order valence-corrected chi connectivity index (χ1v) is 5.38. The van der Waals surface area contributed by atoms with Gasteiger partial charge in [-0.25, -0.2) is 9.37 Å². The van der Waals surface area contributed by atoms with Crippen LogP contribution in [0.4, 0.5) is 18.9 Å². The molecule has 1 heterocycles. The van der Waals surface area contributed by atoms with E-state index < -0.39 is 24.1 Å². The van der Waals surface area contributed by atoms with E-state index in [1.807, 2.05) is 0 Å². The summed E-state index contributed by atoms with van der Waals surface area (Å²) >= 11 is 0. The molecule has 0 unspecified atom stereocenters. The highest BCUT2D eigenvalue weighted by Crippen LogP contribution is 2.23. The first-order chi connectivity index (χ1) is 9.56. The van der Waals surface area contributed by atoms with Gasteiger partial charge in [-0.05, 0) is 12.1 Å². The molecule has 1 N–H and O–H groups in total. The molecule has 0 spiro atoms. The first kappa shape index (κ1) is 13.8. The lowest BCUT2D eigenvalue weighted by molar-refractivity contribution is -0.0521. The van der Waals surface area contributed by atoms with Crippen molar-refractivity contribution in [1.82, 2.24) is 9.97 Å². The second-order valence-electron chi connectivity index (χ2n) is 3.57. The second-order valence-corrected chi connectivity index (χ2v) is 3.57. The summed E-state index contributed by atoms with van der Waals surface area (Å²) in [5.41, 5.74) is 0.126. The molecule has 1 aromatic carbocycles. The van der Waals surface area contributed by atoms with Crippen LogP contribution in [-0.4, -0.2) is 22.5 Å². The second kappa shape index (κ2) is 6.00. The van der Waals surface area contributed by atoms with Crippen molar-refractivity contribution in [2.75, 3.05) is 5.32 Å². The lowest BCUT2D eigenvalue weighted by Crippen LogP contribution is -2.14. The minimum absolute atomic E-state index is 0.0424. The van der Waals surface area contributed by atoms with Crippen LogP contribution in [0.15, 0.2) is 36.8 Å². The fraction of sp³-hybridized carbons (Fsp3) is 0.0833. The molecule has 2 rings (SSSR count). The Labute approximate surface area is 111 Å². The van der Waals surface area contributed by atoms with Crippen LogP contribution >= 0.6 is 0 Å². The Morgan fingerprint density at radius 2 is 2.10 bits per heavy atom. The van der Waals surface area contributed by atoms with Gasteiger partial charge in [-0.1, -0.05) is 0 Å². The van der Waals surface area contributed by atoms with E-state index in [0.29, 0.717) is 0 Å². The summed E-state index contributed by atoms with van der Waals surface area (Å²) < 4.78 is 41.3. The maximum Gasteiger partial charge on any atom is 0.387 e. The zero-order valence-corrected chi connectivity index (χ0v) is 9.89. The molecule has 20 heavy (non-hydrogen) atoms. The van der Waals surface area contributed by atoms with Crippen LogP contribution in [0.3, 0.4) is 0 Å². The van der Waals surface area contributed by atoms with Gasteiger partial charge in [0.25, 0.3) is 5.91 Å². The fourth-order valence-electron chi connectivity index (χ4n) is 1.38. The predicted molar refractivity (Wildman–Crippen MR) is 63.0 cm³/mol. The lowest BCUT2D eigenvalue weighted by Gasteiger charge is -2.08. The molecule has 5 nitrogen and oxygen atoms in total. The Balaban J connectivity index is 2.11. The van der Waals surface area contributed by atoms with E-state index in [1.54, 1.807) is 0 Å². The van der Waals surface area contributed by atoms with Gasteiger partial charge in [0.05, 0.1) is 6.20 Å². The SMILES string of the molecule is O=C(Nc1ccc(OC(F)F)c(F)c1)c1cnccn1. The number of benzene rings is 1. The summed E-state index contributed by atoms with van der Waals surface area (Å²) in [6, 6.07) is 3.09. The summed E-state index contributed by atoms with van der Waals surface area (Å²) in [5.74, 6) is -2.21. The number of hydrogen-bond acceptors (Lipinski definition) is 4. The number of hydrogen-bond donors (Lipinski definition) is 1. The number of ether oxygens (including phenoxy) is 1. The quantitative estimate of drug-likeness (QED) is 0.936. The van der Waals surface area contributed by atoms with E-state index >= 15 is 0 Å². The zero-order chi connectivity index (χ0) is 14.5. The summed E-state index contributed by atoms with van der Waals surface area (Å²) in [7, 11) is 0. The largest absolute Gasteiger partial charge is 0.432 e. The third-order valence-electron chi connectivity index (χ3n) is 2.20. The molecule has 2 aromatic rings. The van der Waals surface area contributed by atoms with Crippen LogP contribution in [0, 0.1) is 5.82 Å². The highest BCUT2D eigenvalue weighted by Gasteiger charge is 2.12. The number of halogens is 3. The fourth-order valence-corrected chi connectivity index (χ4v) is 1.38. The number of nitrogens with zero attached hydrogens (tertiary/aromatic N) is 2. The molecule has 1 aromatic heterocycles. The Hall–Kier alpha value is -2.64. The Bertz CT molecular complexity index is 608. The Morgan fingerprint density at radius 1 is 1.30 bits per heavy atom. The molecular weight excluding hydrogens is 275 g/mol. The molecule has 0 saturated carbocycles. The van der Waals surface area contributed by atoms with Gasteiger partial charge in [-0.15, -0.1) is 0 Å². The van der Waals surface area contributed by atoms with E-state index in [1.165, 1.54) is 24.7 Å². The van der Waals surface area contributed by atoms with E-state index in [2.05, 4.69) is 20.0 Å². The molecule has 1 amide bonds. The van der Waals surface area contributed by atoms with Crippen LogP contribution in [0.25, 0.3) is 0 Å². The number of nitrogens with one attached hydrogen (secondary N) is 1. The topological polar surface area (TPSA) is 64.1 Å². The number of aromatic nitrogens is 2. The van der Waals surface area contributed by atoms with Gasteiger partial charge in [0.2, 0.25) is 0 Å². The molecule has 104 valence electrons. The predicted octanol–water partition coefficient (Wildman–Crippen LogP) is 2.47. The van der Waals surface area contributed by atoms with Gasteiger partial charge >= 0.3 is 6.61 Å².